The summed E-state index contributed by atoms with van der Waals surface area (Å²) in [6.07, 6.45) is 2.39. The molecule has 0 radical (unpaired) electrons. The molecule has 0 saturated carbocycles. The van der Waals surface area contributed by atoms with Gasteiger partial charge in [0.25, 0.3) is 0 Å². The Balaban J connectivity index is 1.52. The Morgan fingerprint density at radius 1 is 1.30 bits per heavy atom. The number of hydrogen-bond acceptors (Lipinski definition) is 8. The van der Waals surface area contributed by atoms with Crippen molar-refractivity contribution < 1.29 is 24.2 Å². The molecule has 2 aliphatic heterocycles. The number of fused-ring (bicyclic) bond motifs is 2. The van der Waals surface area contributed by atoms with E-state index in [1.165, 1.54) is 4.90 Å². The lowest BCUT2D eigenvalue weighted by atomic mass is 10.1. The van der Waals surface area contributed by atoms with Gasteiger partial charge in [0.05, 0.1) is 18.1 Å². The summed E-state index contributed by atoms with van der Waals surface area (Å²) in [5, 5.41) is 29.0. The molecule has 1 saturated heterocycles. The molecule has 1 aromatic carbocycles. The van der Waals surface area contributed by atoms with Crippen LogP contribution in [-0.2, 0) is 6.54 Å². The fourth-order valence-corrected chi connectivity index (χ4v) is 4.31. The molecule has 5 rings (SSSR count). The summed E-state index contributed by atoms with van der Waals surface area (Å²) in [4.78, 5) is 19.1. The second kappa shape index (κ2) is 8.21. The average Bonchev–Trinajstić information content (AvgIpc) is 3.36. The summed E-state index contributed by atoms with van der Waals surface area (Å²) < 4.78 is 11.7. The van der Waals surface area contributed by atoms with E-state index in [0.717, 1.165) is 11.1 Å². The minimum absolute atomic E-state index is 0.0117. The van der Waals surface area contributed by atoms with Gasteiger partial charge in [-0.15, -0.1) is 10.2 Å². The molecule has 10 nitrogen and oxygen atoms in total. The van der Waals surface area contributed by atoms with Crippen LogP contribution in [-0.4, -0.2) is 63.9 Å². The van der Waals surface area contributed by atoms with Crippen LogP contribution in [0.5, 0.6) is 11.5 Å². The zero-order chi connectivity index (χ0) is 23.1. The van der Waals surface area contributed by atoms with Gasteiger partial charge in [-0.05, 0) is 31.2 Å². The van der Waals surface area contributed by atoms with Gasteiger partial charge < -0.3 is 24.3 Å². The van der Waals surface area contributed by atoms with Crippen LogP contribution in [0.3, 0.4) is 0 Å². The van der Waals surface area contributed by atoms with Crippen LogP contribution in [0.4, 0.5) is 10.6 Å². The molecule has 0 bridgehead atoms. The lowest BCUT2D eigenvalue weighted by Gasteiger charge is -2.38. The third-order valence-corrected chi connectivity index (χ3v) is 6.12. The first kappa shape index (κ1) is 21.0. The number of pyridine rings is 1. The molecule has 170 valence electrons. The Labute approximate surface area is 189 Å². The predicted molar refractivity (Wildman–Crippen MR) is 121 cm³/mol. The molecule has 1 atom stereocenters. The van der Waals surface area contributed by atoms with Crippen LogP contribution in [0.2, 0.25) is 0 Å². The first-order chi connectivity index (χ1) is 16.0. The summed E-state index contributed by atoms with van der Waals surface area (Å²) in [6.45, 7) is 3.92. The van der Waals surface area contributed by atoms with E-state index in [9.17, 15) is 15.0 Å². The molecule has 2 aliphatic rings. The minimum Gasteiger partial charge on any atom is -0.504 e. The van der Waals surface area contributed by atoms with Crippen molar-refractivity contribution in [3.05, 3.63) is 47.3 Å². The number of piperazine rings is 1. The van der Waals surface area contributed by atoms with Crippen LogP contribution in [0, 0.1) is 0 Å². The van der Waals surface area contributed by atoms with Crippen LogP contribution in [0.15, 0.2) is 45.1 Å². The smallest absolute Gasteiger partial charge is 0.407 e. The van der Waals surface area contributed by atoms with Gasteiger partial charge in [-0.2, -0.15) is 0 Å². The standard InChI is InChI=1S/C23H23N5O5/c1-13-11-28(23(30)31)9-8-27(13)12-16-18(32-2)6-5-15-20(29)19(33-21(15)16)10-17-14-4-3-7-24-22(14)26-25-17/h3-7,10,13,29H,8-9,11-12H2,1-2H3,(H,30,31)/t13-/m0/s1. The number of furan rings is 1. The molecular formula is C23H23N5O5. The molecule has 2 N–H and O–H groups in total. The topological polar surface area (TPSA) is 124 Å². The van der Waals surface area contributed by atoms with Crippen molar-refractivity contribution in [1.29, 1.82) is 0 Å². The average molecular weight is 449 g/mol. The van der Waals surface area contributed by atoms with E-state index in [-0.39, 0.29) is 17.6 Å². The quantitative estimate of drug-likeness (QED) is 0.608. The van der Waals surface area contributed by atoms with Crippen molar-refractivity contribution in [2.75, 3.05) is 26.7 Å². The van der Waals surface area contributed by atoms with Gasteiger partial charge in [-0.1, -0.05) is 0 Å². The molecule has 0 aliphatic carbocycles. The zero-order valence-corrected chi connectivity index (χ0v) is 18.2. The Morgan fingerprint density at radius 3 is 2.91 bits per heavy atom. The normalized spacial score (nSPS) is 19.4. The molecule has 0 unspecified atom stereocenters. The number of carboxylic acid groups (broad SMARTS) is 1. The minimum atomic E-state index is -0.907. The first-order valence-corrected chi connectivity index (χ1v) is 10.6. The molecular weight excluding hydrogens is 426 g/mol. The molecule has 4 heterocycles. The van der Waals surface area contributed by atoms with Crippen molar-refractivity contribution in [2.24, 2.45) is 10.2 Å². The summed E-state index contributed by atoms with van der Waals surface area (Å²) >= 11 is 0. The van der Waals surface area contributed by atoms with E-state index in [4.69, 9.17) is 9.15 Å². The van der Waals surface area contributed by atoms with Gasteiger partial charge >= 0.3 is 6.09 Å². The number of hydrogen-bond donors (Lipinski definition) is 2. The molecule has 0 spiro atoms. The van der Waals surface area contributed by atoms with E-state index in [2.05, 4.69) is 20.1 Å². The number of aromatic nitrogens is 1. The van der Waals surface area contributed by atoms with Crippen molar-refractivity contribution in [2.45, 2.75) is 19.5 Å². The fraction of sp³-hybridized carbons (Fsp3) is 0.304. The van der Waals surface area contributed by atoms with Crippen LogP contribution >= 0.6 is 0 Å². The Bertz CT molecular complexity index is 1300. The number of methoxy groups -OCH3 is 1. The molecule has 3 aromatic rings. The molecule has 10 heteroatoms. The number of carbonyl (C=O) groups is 1. The summed E-state index contributed by atoms with van der Waals surface area (Å²) in [7, 11) is 1.59. The van der Waals surface area contributed by atoms with Crippen LogP contribution in [0.1, 0.15) is 23.8 Å². The lowest BCUT2D eigenvalue weighted by molar-refractivity contribution is 0.0708. The monoisotopic (exact) mass is 449 g/mol. The molecule has 33 heavy (non-hydrogen) atoms. The lowest BCUT2D eigenvalue weighted by Crippen LogP contribution is -2.52. The second-order valence-electron chi connectivity index (χ2n) is 8.09. The summed E-state index contributed by atoms with van der Waals surface area (Å²) in [5.74, 6) is 1.45. The number of ether oxygens (including phenoxy) is 1. The van der Waals surface area contributed by atoms with Crippen molar-refractivity contribution in [1.82, 2.24) is 14.8 Å². The Kier molecular flexibility index (Phi) is 5.21. The van der Waals surface area contributed by atoms with Crippen LogP contribution in [0.25, 0.3) is 22.7 Å². The summed E-state index contributed by atoms with van der Waals surface area (Å²) in [5.41, 5.74) is 2.63. The van der Waals surface area contributed by atoms with E-state index in [1.807, 2.05) is 13.0 Å². The number of amides is 1. The number of benzene rings is 1. The second-order valence-corrected chi connectivity index (χ2v) is 8.09. The first-order valence-electron chi connectivity index (χ1n) is 10.6. The largest absolute Gasteiger partial charge is 0.504 e. The highest BCUT2D eigenvalue weighted by molar-refractivity contribution is 5.94. The van der Waals surface area contributed by atoms with E-state index in [1.54, 1.807) is 37.6 Å². The maximum Gasteiger partial charge on any atom is 0.407 e. The van der Waals surface area contributed by atoms with Gasteiger partial charge in [0.1, 0.15) is 17.0 Å². The predicted octanol–water partition coefficient (Wildman–Crippen LogP) is 4.32. The zero-order valence-electron chi connectivity index (χ0n) is 18.2. The van der Waals surface area contributed by atoms with E-state index in [0.29, 0.717) is 54.4 Å². The molecule has 2 aromatic heterocycles. The van der Waals surface area contributed by atoms with Crippen molar-refractivity contribution in [3.63, 3.8) is 0 Å². The van der Waals surface area contributed by atoms with Crippen molar-refractivity contribution >= 4 is 34.7 Å². The molecule has 1 fully saturated rings. The van der Waals surface area contributed by atoms with E-state index < -0.39 is 6.09 Å². The number of rotatable bonds is 4. The van der Waals surface area contributed by atoms with Gasteiger partial charge in [0.2, 0.25) is 0 Å². The van der Waals surface area contributed by atoms with Gasteiger partial charge in [-0.25, -0.2) is 9.78 Å². The number of nitrogens with zero attached hydrogens (tertiary/aromatic N) is 5. The van der Waals surface area contributed by atoms with Gasteiger partial charge in [0, 0.05) is 50.1 Å². The highest BCUT2D eigenvalue weighted by Crippen LogP contribution is 2.42. The van der Waals surface area contributed by atoms with Gasteiger partial charge in [-0.3, -0.25) is 4.90 Å². The fourth-order valence-electron chi connectivity index (χ4n) is 4.31. The Morgan fingerprint density at radius 2 is 2.15 bits per heavy atom. The van der Waals surface area contributed by atoms with Gasteiger partial charge in [0.15, 0.2) is 17.3 Å². The molecule has 1 amide bonds. The number of aromatic hydroxyl groups is 1. The third-order valence-electron chi connectivity index (χ3n) is 6.12. The highest BCUT2D eigenvalue weighted by atomic mass is 16.5. The summed E-state index contributed by atoms with van der Waals surface area (Å²) in [6, 6.07) is 7.24. The maximum atomic E-state index is 11.3. The SMILES string of the molecule is COc1ccc2c(O)c(C=C3N=Nc4ncccc43)oc2c1CN1CCN(C(=O)O)C[C@@H]1C. The van der Waals surface area contributed by atoms with Crippen LogP contribution < -0.4 is 4.74 Å². The number of azo groups is 1. The maximum absolute atomic E-state index is 11.3. The van der Waals surface area contributed by atoms with Crippen molar-refractivity contribution in [3.8, 4) is 11.5 Å². The highest BCUT2D eigenvalue weighted by Gasteiger charge is 2.29. The Hall–Kier alpha value is -3.92. The van der Waals surface area contributed by atoms with E-state index >= 15 is 0 Å². The third kappa shape index (κ3) is 3.68.